The summed E-state index contributed by atoms with van der Waals surface area (Å²) >= 11 is 0. The standard InChI is InChI=1S/C29H33F3N2O3/c1-17(27(35)36-2)25(19-6-7-19)20-8-5-18-9-10-23(37-24(18)12-20)21-13-28(14-21)15-34(16-28)26-22(29(30,31)32)4-3-11-33-26/h3-5,8,11-12,17,19,21,23,25H,6-7,9-10,13-16H2,1-2H3/t17-,23-,25+/m1/s1. The predicted octanol–water partition coefficient (Wildman–Crippen LogP) is 6.01. The minimum atomic E-state index is -4.40. The van der Waals surface area contributed by atoms with Gasteiger partial charge in [0.25, 0.3) is 0 Å². The molecule has 0 bridgehead atoms. The fourth-order valence-electron chi connectivity index (χ4n) is 7.06. The lowest BCUT2D eigenvalue weighted by Gasteiger charge is -2.61. The van der Waals surface area contributed by atoms with E-state index in [1.165, 1.54) is 24.9 Å². The van der Waals surface area contributed by atoms with Gasteiger partial charge in [0, 0.05) is 24.7 Å². The smallest absolute Gasteiger partial charge is 0.419 e. The Morgan fingerprint density at radius 3 is 2.62 bits per heavy atom. The van der Waals surface area contributed by atoms with E-state index in [2.05, 4.69) is 23.2 Å². The number of methoxy groups -OCH3 is 1. The molecule has 3 atom stereocenters. The Bertz CT molecular complexity index is 1180. The largest absolute Gasteiger partial charge is 0.490 e. The first kappa shape index (κ1) is 24.6. The van der Waals surface area contributed by atoms with E-state index in [0.717, 1.165) is 55.9 Å². The van der Waals surface area contributed by atoms with E-state index in [1.807, 2.05) is 6.92 Å². The summed E-state index contributed by atoms with van der Waals surface area (Å²) in [5, 5.41) is 0. The Kier molecular flexibility index (Phi) is 5.92. The summed E-state index contributed by atoms with van der Waals surface area (Å²) in [5.74, 6) is 1.68. The molecule has 5 nitrogen and oxygen atoms in total. The molecule has 0 amide bonds. The summed E-state index contributed by atoms with van der Waals surface area (Å²) in [5.41, 5.74) is 1.77. The van der Waals surface area contributed by atoms with Crippen molar-refractivity contribution in [2.75, 3.05) is 25.1 Å². The van der Waals surface area contributed by atoms with Gasteiger partial charge in [0.1, 0.15) is 17.7 Å². The lowest BCUT2D eigenvalue weighted by atomic mass is 9.55. The number of alkyl halides is 3. The van der Waals surface area contributed by atoms with Gasteiger partial charge in [-0.3, -0.25) is 4.79 Å². The van der Waals surface area contributed by atoms with Gasteiger partial charge in [0.2, 0.25) is 0 Å². The molecule has 0 N–H and O–H groups in total. The van der Waals surface area contributed by atoms with Gasteiger partial charge in [-0.2, -0.15) is 13.2 Å². The van der Waals surface area contributed by atoms with Gasteiger partial charge in [-0.25, -0.2) is 4.98 Å². The van der Waals surface area contributed by atoms with Crippen LogP contribution in [0.4, 0.5) is 19.0 Å². The molecule has 3 fully saturated rings. The van der Waals surface area contributed by atoms with Crippen molar-refractivity contribution in [3.05, 3.63) is 53.2 Å². The molecular formula is C29H33F3N2O3. The number of hydrogen-bond donors (Lipinski definition) is 0. The van der Waals surface area contributed by atoms with Crippen LogP contribution in [0.1, 0.15) is 61.6 Å². The topological polar surface area (TPSA) is 51.7 Å². The molecule has 1 spiro atoms. The fourth-order valence-corrected chi connectivity index (χ4v) is 7.06. The molecule has 1 saturated heterocycles. The van der Waals surface area contributed by atoms with Gasteiger partial charge in [-0.05, 0) is 85.6 Å². The number of nitrogens with zero attached hydrogens (tertiary/aromatic N) is 2. The molecule has 0 unspecified atom stereocenters. The van der Waals surface area contributed by atoms with Crippen molar-refractivity contribution in [2.45, 2.75) is 63.6 Å². The van der Waals surface area contributed by atoms with Gasteiger partial charge >= 0.3 is 12.1 Å². The Morgan fingerprint density at radius 1 is 1.19 bits per heavy atom. The van der Waals surface area contributed by atoms with Gasteiger partial charge in [0.15, 0.2) is 0 Å². The van der Waals surface area contributed by atoms with Crippen molar-refractivity contribution < 1.29 is 27.4 Å². The predicted molar refractivity (Wildman–Crippen MR) is 132 cm³/mol. The van der Waals surface area contributed by atoms with Gasteiger partial charge in [0.05, 0.1) is 18.6 Å². The van der Waals surface area contributed by atoms with Crippen LogP contribution in [-0.2, 0) is 22.1 Å². The highest BCUT2D eigenvalue weighted by Gasteiger charge is 2.56. The zero-order valence-corrected chi connectivity index (χ0v) is 21.3. The molecular weight excluding hydrogens is 481 g/mol. The van der Waals surface area contributed by atoms with Crippen LogP contribution < -0.4 is 9.64 Å². The maximum Gasteiger partial charge on any atom is 0.419 e. The minimum Gasteiger partial charge on any atom is -0.490 e. The number of benzene rings is 1. The van der Waals surface area contributed by atoms with Crippen LogP contribution in [0, 0.1) is 23.2 Å². The first-order valence-corrected chi connectivity index (χ1v) is 13.3. The number of carbonyl (C=O) groups excluding carboxylic acids is 1. The first-order chi connectivity index (χ1) is 17.7. The second-order valence-corrected chi connectivity index (χ2v) is 11.6. The molecule has 37 heavy (non-hydrogen) atoms. The van der Waals surface area contributed by atoms with E-state index in [-0.39, 0.29) is 35.1 Å². The quantitative estimate of drug-likeness (QED) is 0.442. The number of rotatable bonds is 6. The van der Waals surface area contributed by atoms with E-state index < -0.39 is 11.7 Å². The number of pyridine rings is 1. The number of esters is 1. The summed E-state index contributed by atoms with van der Waals surface area (Å²) in [4.78, 5) is 18.1. The van der Waals surface area contributed by atoms with Crippen molar-refractivity contribution in [2.24, 2.45) is 23.2 Å². The van der Waals surface area contributed by atoms with Crippen LogP contribution in [0.2, 0.25) is 0 Å². The van der Waals surface area contributed by atoms with Gasteiger partial charge < -0.3 is 14.4 Å². The lowest BCUT2D eigenvalue weighted by Crippen LogP contribution is -2.64. The normalized spacial score (nSPS) is 24.4. The van der Waals surface area contributed by atoms with Crippen LogP contribution >= 0.6 is 0 Å². The number of aryl methyl sites for hydroxylation is 1. The molecule has 0 radical (unpaired) electrons. The number of aromatic nitrogens is 1. The van der Waals surface area contributed by atoms with Crippen molar-refractivity contribution in [1.82, 2.24) is 4.98 Å². The molecule has 6 rings (SSSR count). The maximum absolute atomic E-state index is 13.4. The first-order valence-electron chi connectivity index (χ1n) is 13.3. The number of hydrogen-bond acceptors (Lipinski definition) is 5. The molecule has 2 aliphatic carbocycles. The van der Waals surface area contributed by atoms with Gasteiger partial charge in [-0.15, -0.1) is 0 Å². The molecule has 3 heterocycles. The third-order valence-corrected chi connectivity index (χ3v) is 9.05. The highest BCUT2D eigenvalue weighted by Crippen LogP contribution is 2.56. The summed E-state index contributed by atoms with van der Waals surface area (Å²) < 4.78 is 51.8. The molecule has 2 aliphatic heterocycles. The molecule has 1 aromatic heterocycles. The van der Waals surface area contributed by atoms with E-state index in [1.54, 1.807) is 4.90 Å². The van der Waals surface area contributed by atoms with E-state index in [9.17, 15) is 18.0 Å². The monoisotopic (exact) mass is 514 g/mol. The summed E-state index contributed by atoms with van der Waals surface area (Å²) in [6.07, 6.45) is 3.29. The third kappa shape index (κ3) is 4.46. The number of anilines is 1. The van der Waals surface area contributed by atoms with Crippen molar-refractivity contribution in [3.63, 3.8) is 0 Å². The second kappa shape index (κ2) is 8.91. The molecule has 4 aliphatic rings. The fraction of sp³-hybridized carbons (Fsp3) is 0.586. The average molecular weight is 515 g/mol. The zero-order valence-electron chi connectivity index (χ0n) is 21.3. The van der Waals surface area contributed by atoms with Crippen molar-refractivity contribution in [3.8, 4) is 5.75 Å². The Hall–Kier alpha value is -2.77. The number of fused-ring (bicyclic) bond motifs is 1. The lowest BCUT2D eigenvalue weighted by molar-refractivity contribution is -0.145. The van der Waals surface area contributed by atoms with Crippen LogP contribution in [-0.4, -0.2) is 37.3 Å². The number of carbonyl (C=O) groups is 1. The van der Waals surface area contributed by atoms with E-state index in [4.69, 9.17) is 9.47 Å². The second-order valence-electron chi connectivity index (χ2n) is 11.6. The van der Waals surface area contributed by atoms with Crippen molar-refractivity contribution >= 4 is 11.8 Å². The number of halogens is 3. The van der Waals surface area contributed by atoms with Crippen LogP contribution in [0.25, 0.3) is 0 Å². The summed E-state index contributed by atoms with van der Waals surface area (Å²) in [6.45, 7) is 3.19. The van der Waals surface area contributed by atoms with Crippen LogP contribution in [0.5, 0.6) is 5.75 Å². The summed E-state index contributed by atoms with van der Waals surface area (Å²) in [7, 11) is 1.45. The summed E-state index contributed by atoms with van der Waals surface area (Å²) in [6, 6.07) is 8.89. The molecule has 1 aromatic carbocycles. The van der Waals surface area contributed by atoms with Crippen LogP contribution in [0.3, 0.4) is 0 Å². The molecule has 2 aromatic rings. The van der Waals surface area contributed by atoms with Gasteiger partial charge in [-0.1, -0.05) is 19.1 Å². The Labute approximate surface area is 215 Å². The number of ether oxygens (including phenoxy) is 2. The SMILES string of the molecule is COC(=O)[C@H](C)[C@H](c1ccc2c(c1)O[C@@H](C1CC3(C1)CN(c1ncccc1C(F)(F)F)C3)CC2)C1CC1. The highest BCUT2D eigenvalue weighted by molar-refractivity contribution is 5.73. The highest BCUT2D eigenvalue weighted by atomic mass is 19.4. The molecule has 198 valence electrons. The molecule has 8 heteroatoms. The van der Waals surface area contributed by atoms with Crippen molar-refractivity contribution in [1.29, 1.82) is 0 Å². The van der Waals surface area contributed by atoms with Crippen LogP contribution in [0.15, 0.2) is 36.5 Å². The van der Waals surface area contributed by atoms with E-state index >= 15 is 0 Å². The third-order valence-electron chi connectivity index (χ3n) is 9.05. The van der Waals surface area contributed by atoms with E-state index in [0.29, 0.717) is 24.9 Å². The minimum absolute atomic E-state index is 0.0471. The maximum atomic E-state index is 13.4. The Morgan fingerprint density at radius 2 is 1.95 bits per heavy atom. The zero-order chi connectivity index (χ0) is 25.9. The Balaban J connectivity index is 1.10. The average Bonchev–Trinajstić information content (AvgIpc) is 3.66. The molecule has 2 saturated carbocycles.